The fraction of sp³-hybridized carbons (Fsp3) is 1.00. The van der Waals surface area contributed by atoms with E-state index in [1.807, 2.05) is 21.1 Å². The summed E-state index contributed by atoms with van der Waals surface area (Å²) in [6, 6.07) is 0. The van der Waals surface area contributed by atoms with E-state index in [9.17, 15) is 15.3 Å². The number of likely N-dealkylation sites (N-methyl/N-ethyl adjacent to an activating group) is 1. The van der Waals surface area contributed by atoms with Crippen LogP contribution in [0.1, 0.15) is 6.92 Å². The molecule has 1 aliphatic heterocycles. The van der Waals surface area contributed by atoms with Crippen molar-refractivity contribution >= 4 is 0 Å². The highest BCUT2D eigenvalue weighted by Crippen LogP contribution is 2.26. The minimum absolute atomic E-state index is 0.265. The minimum Gasteiger partial charge on any atom is -0.390 e. The van der Waals surface area contributed by atoms with Gasteiger partial charge in [-0.1, -0.05) is 6.92 Å². The molecule has 6 atom stereocenters. The lowest BCUT2D eigenvalue weighted by atomic mass is 9.91. The smallest absolute Gasteiger partial charge is 0.186 e. The molecule has 0 spiro atoms. The molecule has 1 aliphatic rings. The first-order valence-corrected chi connectivity index (χ1v) is 8.34. The molecular weight excluding hydrogens is 318 g/mol. The van der Waals surface area contributed by atoms with Gasteiger partial charge >= 0.3 is 0 Å². The van der Waals surface area contributed by atoms with Gasteiger partial charge in [-0.15, -0.1) is 0 Å². The van der Waals surface area contributed by atoms with Gasteiger partial charge in [0.15, 0.2) is 6.29 Å². The van der Waals surface area contributed by atoms with E-state index in [2.05, 4.69) is 0 Å². The second kappa shape index (κ2) is 9.98. The summed E-state index contributed by atoms with van der Waals surface area (Å²) in [5, 5.41) is 29.6. The molecule has 8 nitrogen and oxygen atoms in total. The summed E-state index contributed by atoms with van der Waals surface area (Å²) in [6.45, 7) is 3.69. The van der Waals surface area contributed by atoms with E-state index in [1.54, 1.807) is 6.92 Å². The molecule has 8 heteroatoms. The van der Waals surface area contributed by atoms with Crippen molar-refractivity contribution in [3.05, 3.63) is 0 Å². The van der Waals surface area contributed by atoms with Gasteiger partial charge in [-0.2, -0.15) is 0 Å². The van der Waals surface area contributed by atoms with Crippen LogP contribution in [0.3, 0.4) is 0 Å². The third-order valence-electron chi connectivity index (χ3n) is 4.02. The fourth-order valence-corrected chi connectivity index (χ4v) is 2.68. The SMILES string of the molecule is CO[C@@H]1OC(COCCOC[C@@H](O)C[N+](C)(C)C)C(C)[C@H](O)[C@H]1O. The number of methoxy groups -OCH3 is 1. The highest BCUT2D eigenvalue weighted by molar-refractivity contribution is 4.86. The van der Waals surface area contributed by atoms with Crippen molar-refractivity contribution in [2.75, 3.05) is 61.2 Å². The van der Waals surface area contributed by atoms with Crippen molar-refractivity contribution < 1.29 is 38.8 Å². The highest BCUT2D eigenvalue weighted by Gasteiger charge is 2.42. The lowest BCUT2D eigenvalue weighted by Gasteiger charge is -2.40. The molecule has 3 N–H and O–H groups in total. The molecule has 0 aromatic rings. The third kappa shape index (κ3) is 7.28. The van der Waals surface area contributed by atoms with Gasteiger partial charge in [0, 0.05) is 13.0 Å². The summed E-state index contributed by atoms with van der Waals surface area (Å²) in [5.41, 5.74) is 0. The Morgan fingerprint density at radius 2 is 1.71 bits per heavy atom. The number of rotatable bonds is 10. The van der Waals surface area contributed by atoms with Gasteiger partial charge in [0.25, 0.3) is 0 Å². The molecule has 1 fully saturated rings. The topological polar surface area (TPSA) is 97.6 Å². The Kier molecular flexibility index (Phi) is 9.03. The van der Waals surface area contributed by atoms with E-state index < -0.39 is 24.6 Å². The van der Waals surface area contributed by atoms with E-state index in [1.165, 1.54) is 7.11 Å². The van der Waals surface area contributed by atoms with Crippen molar-refractivity contribution in [2.24, 2.45) is 5.92 Å². The largest absolute Gasteiger partial charge is 0.390 e. The number of nitrogens with zero attached hydrogens (tertiary/aromatic N) is 1. The molecule has 1 rings (SSSR count). The average molecular weight is 352 g/mol. The van der Waals surface area contributed by atoms with Crippen molar-refractivity contribution in [3.63, 3.8) is 0 Å². The van der Waals surface area contributed by atoms with Gasteiger partial charge in [0.2, 0.25) is 0 Å². The van der Waals surface area contributed by atoms with Crippen molar-refractivity contribution in [1.82, 2.24) is 0 Å². The summed E-state index contributed by atoms with van der Waals surface area (Å²) in [5.74, 6) is -0.265. The Balaban J connectivity index is 2.18. The summed E-state index contributed by atoms with van der Waals surface area (Å²) in [7, 11) is 7.45. The Morgan fingerprint density at radius 1 is 1.08 bits per heavy atom. The molecule has 0 aromatic carbocycles. The highest BCUT2D eigenvalue weighted by atomic mass is 16.7. The molecule has 0 aromatic heterocycles. The van der Waals surface area contributed by atoms with Crippen molar-refractivity contribution in [1.29, 1.82) is 0 Å². The maximum absolute atomic E-state index is 9.99. The van der Waals surface area contributed by atoms with E-state index >= 15 is 0 Å². The van der Waals surface area contributed by atoms with Gasteiger partial charge in [0.1, 0.15) is 18.8 Å². The second-order valence-electron chi connectivity index (χ2n) is 7.40. The van der Waals surface area contributed by atoms with Gasteiger partial charge in [-0.05, 0) is 0 Å². The van der Waals surface area contributed by atoms with E-state index in [4.69, 9.17) is 18.9 Å². The zero-order valence-corrected chi connectivity index (χ0v) is 15.4. The Hall–Kier alpha value is -0.320. The van der Waals surface area contributed by atoms with E-state index in [0.717, 1.165) is 0 Å². The van der Waals surface area contributed by atoms with Crippen LogP contribution >= 0.6 is 0 Å². The van der Waals surface area contributed by atoms with Crippen LogP contribution in [0.5, 0.6) is 0 Å². The van der Waals surface area contributed by atoms with Crippen LogP contribution in [0.4, 0.5) is 0 Å². The zero-order chi connectivity index (χ0) is 18.3. The minimum atomic E-state index is -1.06. The number of hydrogen-bond acceptors (Lipinski definition) is 7. The van der Waals surface area contributed by atoms with E-state index in [-0.39, 0.29) is 25.2 Å². The van der Waals surface area contributed by atoms with Crippen LogP contribution < -0.4 is 0 Å². The van der Waals surface area contributed by atoms with Gasteiger partial charge in [-0.3, -0.25) is 0 Å². The summed E-state index contributed by atoms with van der Waals surface area (Å²) >= 11 is 0. The van der Waals surface area contributed by atoms with Gasteiger partial charge in [0.05, 0.1) is 59.8 Å². The van der Waals surface area contributed by atoms with Crippen LogP contribution in [-0.2, 0) is 18.9 Å². The molecular formula is C16H34NO7+. The third-order valence-corrected chi connectivity index (χ3v) is 4.02. The number of aliphatic hydroxyl groups excluding tert-OH is 3. The van der Waals surface area contributed by atoms with Gasteiger partial charge < -0.3 is 38.8 Å². The first-order valence-electron chi connectivity index (χ1n) is 8.34. The molecule has 0 aliphatic carbocycles. The predicted molar refractivity (Wildman–Crippen MR) is 87.4 cm³/mol. The van der Waals surface area contributed by atoms with Crippen LogP contribution in [0.25, 0.3) is 0 Å². The zero-order valence-electron chi connectivity index (χ0n) is 15.4. The van der Waals surface area contributed by atoms with Crippen LogP contribution in [0.15, 0.2) is 0 Å². The lowest BCUT2D eigenvalue weighted by molar-refractivity contribution is -0.873. The average Bonchev–Trinajstić information content (AvgIpc) is 2.48. The molecule has 24 heavy (non-hydrogen) atoms. The van der Waals surface area contributed by atoms with Crippen molar-refractivity contribution in [3.8, 4) is 0 Å². The molecule has 1 saturated heterocycles. The number of hydrogen-bond donors (Lipinski definition) is 3. The maximum Gasteiger partial charge on any atom is 0.186 e. The predicted octanol–water partition coefficient (Wildman–Crippen LogP) is -1.18. The lowest BCUT2D eigenvalue weighted by Crippen LogP contribution is -2.55. The number of aliphatic hydroxyl groups is 3. The first-order chi connectivity index (χ1) is 11.2. The molecule has 144 valence electrons. The summed E-state index contributed by atoms with van der Waals surface area (Å²) in [6.07, 6.45) is -3.71. The monoisotopic (exact) mass is 352 g/mol. The quantitative estimate of drug-likeness (QED) is 0.336. The number of quaternary nitrogens is 1. The van der Waals surface area contributed by atoms with E-state index in [0.29, 0.717) is 24.2 Å². The second-order valence-corrected chi connectivity index (χ2v) is 7.40. The number of ether oxygens (including phenoxy) is 4. The Labute approximate surface area is 144 Å². The summed E-state index contributed by atoms with van der Waals surface area (Å²) < 4.78 is 22.2. The van der Waals surface area contributed by atoms with Crippen LogP contribution in [0.2, 0.25) is 0 Å². The van der Waals surface area contributed by atoms with Crippen molar-refractivity contribution in [2.45, 2.75) is 37.6 Å². The summed E-state index contributed by atoms with van der Waals surface area (Å²) in [4.78, 5) is 0. The molecule has 0 radical (unpaired) electrons. The van der Waals surface area contributed by atoms with Gasteiger partial charge in [-0.25, -0.2) is 0 Å². The molecule has 1 heterocycles. The molecule has 0 saturated carbocycles. The fourth-order valence-electron chi connectivity index (χ4n) is 2.68. The molecule has 0 bridgehead atoms. The van der Waals surface area contributed by atoms with Crippen LogP contribution in [0, 0.1) is 5.92 Å². The standard InChI is InChI=1S/C16H34NO7/c1-11-13(24-16(21-5)15(20)14(11)19)10-23-7-6-22-9-12(18)8-17(2,3)4/h11-16,18-20H,6-10H2,1-5H3/q+1/t11?,12-,13?,14-,15+,16+/m0/s1. The maximum atomic E-state index is 9.99. The van der Waals surface area contributed by atoms with Crippen LogP contribution in [-0.4, -0.2) is 112 Å². The first kappa shape index (κ1) is 21.7. The molecule has 2 unspecified atom stereocenters. The molecule has 0 amide bonds. The normalized spacial score (nSPS) is 32.8. The Bertz CT molecular complexity index is 348. The Morgan fingerprint density at radius 3 is 2.29 bits per heavy atom.